The second kappa shape index (κ2) is 6.59. The van der Waals surface area contributed by atoms with E-state index in [2.05, 4.69) is 10.2 Å². The molecule has 0 unspecified atom stereocenters. The zero-order valence-corrected chi connectivity index (χ0v) is 12.2. The minimum absolute atomic E-state index is 0.137. The van der Waals surface area contributed by atoms with Crippen molar-refractivity contribution in [1.29, 1.82) is 0 Å². The van der Waals surface area contributed by atoms with Gasteiger partial charge in [-0.15, -0.1) is 5.11 Å². The number of phenols is 1. The highest BCUT2D eigenvalue weighted by Crippen LogP contribution is 2.37. The van der Waals surface area contributed by atoms with E-state index in [-0.39, 0.29) is 16.5 Å². The highest BCUT2D eigenvalue weighted by atomic mass is 35.5. The van der Waals surface area contributed by atoms with Gasteiger partial charge in [0.2, 0.25) is 0 Å². The van der Waals surface area contributed by atoms with E-state index in [0.29, 0.717) is 17.3 Å². The standard InChI is InChI=1S/C14H12Cl2N2O2/c1-2-20-11-5-3-10(4-6-11)17-18-13-8-9(15)7-12(16)14(13)19/h3-8,19H,2H2,1H3. The summed E-state index contributed by atoms with van der Waals surface area (Å²) in [5, 5.41) is 18.2. The molecule has 0 heterocycles. The fourth-order valence-electron chi connectivity index (χ4n) is 1.52. The van der Waals surface area contributed by atoms with E-state index in [1.54, 1.807) is 24.3 Å². The highest BCUT2D eigenvalue weighted by molar-refractivity contribution is 6.36. The van der Waals surface area contributed by atoms with Crippen LogP contribution in [0.25, 0.3) is 0 Å². The molecule has 0 fully saturated rings. The summed E-state index contributed by atoms with van der Waals surface area (Å²) in [4.78, 5) is 0. The van der Waals surface area contributed by atoms with E-state index in [0.717, 1.165) is 5.75 Å². The predicted octanol–water partition coefficient (Wildman–Crippen LogP) is 5.51. The molecule has 2 rings (SSSR count). The predicted molar refractivity (Wildman–Crippen MR) is 79.9 cm³/mol. The Morgan fingerprint density at radius 1 is 1.10 bits per heavy atom. The molecular formula is C14H12Cl2N2O2. The Balaban J connectivity index is 2.21. The van der Waals surface area contributed by atoms with Crippen LogP contribution in [0.15, 0.2) is 46.6 Å². The van der Waals surface area contributed by atoms with Crippen molar-refractivity contribution in [3.8, 4) is 11.5 Å². The van der Waals surface area contributed by atoms with Crippen LogP contribution in [-0.4, -0.2) is 11.7 Å². The Bertz CT molecular complexity index is 628. The molecule has 104 valence electrons. The number of ether oxygens (including phenoxy) is 1. The molecule has 0 aliphatic heterocycles. The fraction of sp³-hybridized carbons (Fsp3) is 0.143. The number of halogens is 2. The summed E-state index contributed by atoms with van der Waals surface area (Å²) in [6, 6.07) is 10.0. The maximum absolute atomic E-state index is 9.75. The zero-order chi connectivity index (χ0) is 14.5. The minimum atomic E-state index is -0.147. The van der Waals surface area contributed by atoms with Crippen LogP contribution >= 0.6 is 23.2 Å². The van der Waals surface area contributed by atoms with E-state index in [4.69, 9.17) is 27.9 Å². The van der Waals surface area contributed by atoms with Gasteiger partial charge in [-0.05, 0) is 43.3 Å². The van der Waals surface area contributed by atoms with Crippen molar-refractivity contribution < 1.29 is 9.84 Å². The van der Waals surface area contributed by atoms with Crippen LogP contribution in [0.4, 0.5) is 11.4 Å². The zero-order valence-electron chi connectivity index (χ0n) is 10.7. The summed E-state index contributed by atoms with van der Waals surface area (Å²) in [6.45, 7) is 2.52. The smallest absolute Gasteiger partial charge is 0.161 e. The normalized spacial score (nSPS) is 10.9. The first kappa shape index (κ1) is 14.6. The maximum atomic E-state index is 9.75. The number of nitrogens with zero attached hydrogens (tertiary/aromatic N) is 2. The monoisotopic (exact) mass is 310 g/mol. The van der Waals surface area contributed by atoms with Gasteiger partial charge in [0.05, 0.1) is 17.3 Å². The second-order valence-electron chi connectivity index (χ2n) is 3.88. The molecule has 2 aromatic rings. The third-order valence-corrected chi connectivity index (χ3v) is 2.94. The summed E-state index contributed by atoms with van der Waals surface area (Å²) >= 11 is 11.6. The molecule has 0 atom stereocenters. The number of hydrogen-bond acceptors (Lipinski definition) is 4. The summed E-state index contributed by atoms with van der Waals surface area (Å²) < 4.78 is 5.33. The van der Waals surface area contributed by atoms with Crippen LogP contribution in [0.5, 0.6) is 11.5 Å². The molecule has 0 bridgehead atoms. The summed E-state index contributed by atoms with van der Waals surface area (Å²) in [5.41, 5.74) is 0.848. The molecule has 0 aromatic heterocycles. The van der Waals surface area contributed by atoms with Gasteiger partial charge in [-0.1, -0.05) is 23.2 Å². The molecule has 0 aliphatic rings. The Hall–Kier alpha value is -1.78. The lowest BCUT2D eigenvalue weighted by atomic mass is 10.3. The Morgan fingerprint density at radius 3 is 2.45 bits per heavy atom. The molecule has 0 amide bonds. The number of hydrogen-bond donors (Lipinski definition) is 1. The topological polar surface area (TPSA) is 54.2 Å². The van der Waals surface area contributed by atoms with Crippen molar-refractivity contribution in [2.24, 2.45) is 10.2 Å². The molecule has 4 nitrogen and oxygen atoms in total. The lowest BCUT2D eigenvalue weighted by Crippen LogP contribution is -1.89. The van der Waals surface area contributed by atoms with Crippen molar-refractivity contribution in [1.82, 2.24) is 0 Å². The van der Waals surface area contributed by atoms with E-state index in [1.165, 1.54) is 12.1 Å². The minimum Gasteiger partial charge on any atom is -0.504 e. The quantitative estimate of drug-likeness (QED) is 0.756. The second-order valence-corrected chi connectivity index (χ2v) is 4.73. The molecule has 0 saturated carbocycles. The molecule has 0 radical (unpaired) electrons. The lowest BCUT2D eigenvalue weighted by molar-refractivity contribution is 0.340. The summed E-state index contributed by atoms with van der Waals surface area (Å²) in [6.07, 6.45) is 0. The Morgan fingerprint density at radius 2 is 1.80 bits per heavy atom. The van der Waals surface area contributed by atoms with Gasteiger partial charge in [-0.3, -0.25) is 0 Å². The number of phenolic OH excluding ortho intramolecular Hbond substituents is 1. The molecule has 0 aliphatic carbocycles. The van der Waals surface area contributed by atoms with Crippen LogP contribution in [0, 0.1) is 0 Å². The van der Waals surface area contributed by atoms with E-state index in [1.807, 2.05) is 6.92 Å². The van der Waals surface area contributed by atoms with Gasteiger partial charge >= 0.3 is 0 Å². The van der Waals surface area contributed by atoms with Crippen LogP contribution in [0.3, 0.4) is 0 Å². The van der Waals surface area contributed by atoms with Crippen molar-refractivity contribution >= 4 is 34.6 Å². The average molecular weight is 311 g/mol. The van der Waals surface area contributed by atoms with Crippen molar-refractivity contribution in [3.63, 3.8) is 0 Å². The first-order chi connectivity index (χ1) is 9.60. The first-order valence-electron chi connectivity index (χ1n) is 5.92. The van der Waals surface area contributed by atoms with Crippen LogP contribution < -0.4 is 4.74 Å². The summed E-state index contributed by atoms with van der Waals surface area (Å²) in [7, 11) is 0. The lowest BCUT2D eigenvalue weighted by Gasteiger charge is -2.02. The highest BCUT2D eigenvalue weighted by Gasteiger charge is 2.07. The fourth-order valence-corrected chi connectivity index (χ4v) is 2.00. The average Bonchev–Trinajstić information content (AvgIpc) is 2.43. The summed E-state index contributed by atoms with van der Waals surface area (Å²) in [5.74, 6) is 0.617. The Kier molecular flexibility index (Phi) is 4.82. The molecule has 20 heavy (non-hydrogen) atoms. The first-order valence-corrected chi connectivity index (χ1v) is 6.68. The van der Waals surface area contributed by atoms with Gasteiger partial charge in [-0.25, -0.2) is 0 Å². The molecule has 2 aromatic carbocycles. The van der Waals surface area contributed by atoms with Gasteiger partial charge < -0.3 is 9.84 Å². The molecule has 0 spiro atoms. The number of azo groups is 1. The van der Waals surface area contributed by atoms with Gasteiger partial charge in [0.15, 0.2) is 5.75 Å². The van der Waals surface area contributed by atoms with E-state index in [9.17, 15) is 5.11 Å². The third kappa shape index (κ3) is 3.62. The van der Waals surface area contributed by atoms with Crippen LogP contribution in [0.1, 0.15) is 6.92 Å². The van der Waals surface area contributed by atoms with Crippen LogP contribution in [0.2, 0.25) is 10.0 Å². The van der Waals surface area contributed by atoms with Crippen molar-refractivity contribution in [2.75, 3.05) is 6.61 Å². The number of benzene rings is 2. The number of rotatable bonds is 4. The SMILES string of the molecule is CCOc1ccc(N=Nc2cc(Cl)cc(Cl)c2O)cc1. The van der Waals surface area contributed by atoms with Gasteiger partial charge in [-0.2, -0.15) is 5.11 Å². The van der Waals surface area contributed by atoms with Gasteiger partial charge in [0, 0.05) is 5.02 Å². The molecular weight excluding hydrogens is 299 g/mol. The largest absolute Gasteiger partial charge is 0.504 e. The molecule has 6 heteroatoms. The number of aromatic hydroxyl groups is 1. The van der Waals surface area contributed by atoms with E-state index < -0.39 is 0 Å². The van der Waals surface area contributed by atoms with Crippen molar-refractivity contribution in [2.45, 2.75) is 6.92 Å². The maximum Gasteiger partial charge on any atom is 0.161 e. The third-order valence-electron chi connectivity index (χ3n) is 2.43. The van der Waals surface area contributed by atoms with Gasteiger partial charge in [0.25, 0.3) is 0 Å². The van der Waals surface area contributed by atoms with E-state index >= 15 is 0 Å². The van der Waals surface area contributed by atoms with Gasteiger partial charge in [0.1, 0.15) is 11.4 Å². The molecule has 1 N–H and O–H groups in total. The molecule has 0 saturated heterocycles. The Labute approximate surface area is 126 Å². The van der Waals surface area contributed by atoms with Crippen LogP contribution in [-0.2, 0) is 0 Å². The van der Waals surface area contributed by atoms with Crippen molar-refractivity contribution in [3.05, 3.63) is 46.4 Å².